The van der Waals surface area contributed by atoms with Gasteiger partial charge in [-0.3, -0.25) is 19.7 Å². The first-order valence-electron chi connectivity index (χ1n) is 7.55. The van der Waals surface area contributed by atoms with E-state index in [1.165, 1.54) is 19.1 Å². The molecule has 8 nitrogen and oxygen atoms in total. The molecule has 0 aromatic heterocycles. The van der Waals surface area contributed by atoms with Gasteiger partial charge in [0.05, 0.1) is 10.5 Å². The first-order chi connectivity index (χ1) is 11.9. The maximum absolute atomic E-state index is 12.3. The van der Waals surface area contributed by atoms with E-state index in [4.69, 9.17) is 5.73 Å². The third kappa shape index (κ3) is 4.77. The highest BCUT2D eigenvalue weighted by atomic mass is 16.6. The van der Waals surface area contributed by atoms with Gasteiger partial charge in [0, 0.05) is 24.4 Å². The third-order valence-corrected chi connectivity index (χ3v) is 3.58. The summed E-state index contributed by atoms with van der Waals surface area (Å²) in [5.74, 6) is -1.04. The van der Waals surface area contributed by atoms with Crippen molar-refractivity contribution < 1.29 is 14.5 Å². The molecule has 25 heavy (non-hydrogen) atoms. The van der Waals surface area contributed by atoms with Gasteiger partial charge in [-0.05, 0) is 24.6 Å². The van der Waals surface area contributed by atoms with Crippen LogP contribution in [0.15, 0.2) is 48.5 Å². The lowest BCUT2D eigenvalue weighted by molar-refractivity contribution is -0.384. The Morgan fingerprint density at radius 3 is 2.40 bits per heavy atom. The number of primary amides is 1. The van der Waals surface area contributed by atoms with Crippen LogP contribution >= 0.6 is 0 Å². The number of non-ortho nitro benzene ring substituents is 1. The van der Waals surface area contributed by atoms with Crippen LogP contribution in [0.1, 0.15) is 22.8 Å². The van der Waals surface area contributed by atoms with Gasteiger partial charge in [-0.25, -0.2) is 0 Å². The van der Waals surface area contributed by atoms with Gasteiger partial charge in [-0.15, -0.1) is 0 Å². The number of amides is 2. The van der Waals surface area contributed by atoms with Gasteiger partial charge in [0.1, 0.15) is 6.04 Å². The normalized spacial score (nSPS) is 11.4. The molecule has 0 aliphatic heterocycles. The topological polar surface area (TPSA) is 127 Å². The van der Waals surface area contributed by atoms with Gasteiger partial charge in [0.25, 0.3) is 11.6 Å². The number of nitro benzene ring substituents is 1. The minimum absolute atomic E-state index is 0.0176. The molecule has 0 saturated carbocycles. The fourth-order valence-electron chi connectivity index (χ4n) is 2.11. The van der Waals surface area contributed by atoms with Gasteiger partial charge in [0.15, 0.2) is 0 Å². The Hall–Kier alpha value is -3.42. The molecule has 0 radical (unpaired) electrons. The number of rotatable bonds is 7. The molecule has 2 amide bonds. The lowest BCUT2D eigenvalue weighted by atomic mass is 10.1. The first-order valence-corrected chi connectivity index (χ1v) is 7.55. The van der Waals surface area contributed by atoms with Crippen LogP contribution in [-0.4, -0.2) is 22.8 Å². The largest absolute Gasteiger partial charge is 0.380 e. The summed E-state index contributed by atoms with van der Waals surface area (Å²) in [5.41, 5.74) is 6.95. The van der Waals surface area contributed by atoms with Crippen LogP contribution in [0.2, 0.25) is 0 Å². The van der Waals surface area contributed by atoms with Crippen LogP contribution in [0, 0.1) is 10.1 Å². The molecule has 0 spiro atoms. The number of carbonyl (C=O) groups excluding carboxylic acids is 2. The van der Waals surface area contributed by atoms with Crippen molar-refractivity contribution in [2.45, 2.75) is 19.5 Å². The van der Waals surface area contributed by atoms with E-state index in [0.29, 0.717) is 17.8 Å². The van der Waals surface area contributed by atoms with Gasteiger partial charge >= 0.3 is 0 Å². The van der Waals surface area contributed by atoms with Crippen molar-refractivity contribution in [3.05, 3.63) is 69.8 Å². The SMILES string of the molecule is CC(NC(=O)c1ccccc1NCc1ccc([N+](=O)[O-])cc1)C(N)=O. The molecule has 1 atom stereocenters. The number of para-hydroxylation sites is 1. The van der Waals surface area contributed by atoms with Crippen molar-refractivity contribution in [2.75, 3.05) is 5.32 Å². The van der Waals surface area contributed by atoms with E-state index < -0.39 is 22.8 Å². The Morgan fingerprint density at radius 1 is 1.16 bits per heavy atom. The smallest absolute Gasteiger partial charge is 0.269 e. The van der Waals surface area contributed by atoms with E-state index in [9.17, 15) is 19.7 Å². The summed E-state index contributed by atoms with van der Waals surface area (Å²) in [6.45, 7) is 1.89. The molecule has 130 valence electrons. The summed E-state index contributed by atoms with van der Waals surface area (Å²) < 4.78 is 0. The molecule has 0 aliphatic rings. The van der Waals surface area contributed by atoms with Crippen LogP contribution in [0.25, 0.3) is 0 Å². The van der Waals surface area contributed by atoms with Crippen molar-refractivity contribution in [2.24, 2.45) is 5.73 Å². The number of nitrogens with two attached hydrogens (primary N) is 1. The molecule has 0 aliphatic carbocycles. The Kier molecular flexibility index (Phi) is 5.67. The van der Waals surface area contributed by atoms with Crippen molar-refractivity contribution in [1.82, 2.24) is 5.32 Å². The number of nitro groups is 1. The maximum atomic E-state index is 12.3. The summed E-state index contributed by atoms with van der Waals surface area (Å²) >= 11 is 0. The predicted octanol–water partition coefficient (Wildman–Crippen LogP) is 1.81. The number of hydrogen-bond donors (Lipinski definition) is 3. The molecular weight excluding hydrogens is 324 g/mol. The number of hydrogen-bond acceptors (Lipinski definition) is 5. The van der Waals surface area contributed by atoms with Gasteiger partial charge in [-0.2, -0.15) is 0 Å². The second kappa shape index (κ2) is 7.91. The summed E-state index contributed by atoms with van der Waals surface area (Å²) in [5, 5.41) is 16.3. The molecule has 1 unspecified atom stereocenters. The van der Waals surface area contributed by atoms with E-state index in [-0.39, 0.29) is 5.69 Å². The molecule has 0 heterocycles. The summed E-state index contributed by atoms with van der Waals surface area (Å²) in [6, 6.07) is 12.2. The second-order valence-corrected chi connectivity index (χ2v) is 5.42. The summed E-state index contributed by atoms with van der Waals surface area (Å²) in [6.07, 6.45) is 0. The van der Waals surface area contributed by atoms with Crippen LogP contribution in [0.3, 0.4) is 0 Å². The zero-order chi connectivity index (χ0) is 18.4. The van der Waals surface area contributed by atoms with Crippen LogP contribution < -0.4 is 16.4 Å². The minimum atomic E-state index is -0.782. The average molecular weight is 342 g/mol. The van der Waals surface area contributed by atoms with Crippen LogP contribution in [0.5, 0.6) is 0 Å². The number of benzene rings is 2. The molecule has 0 saturated heterocycles. The molecule has 4 N–H and O–H groups in total. The first kappa shape index (κ1) is 17.9. The fraction of sp³-hybridized carbons (Fsp3) is 0.176. The van der Waals surface area contributed by atoms with E-state index in [2.05, 4.69) is 10.6 Å². The Labute approximate surface area is 144 Å². The predicted molar refractivity (Wildman–Crippen MR) is 93.0 cm³/mol. The lowest BCUT2D eigenvalue weighted by Crippen LogP contribution is -2.42. The molecule has 8 heteroatoms. The Morgan fingerprint density at radius 2 is 1.80 bits per heavy atom. The number of anilines is 1. The highest BCUT2D eigenvalue weighted by Gasteiger charge is 2.16. The fourth-order valence-corrected chi connectivity index (χ4v) is 2.11. The van der Waals surface area contributed by atoms with Crippen LogP contribution in [0.4, 0.5) is 11.4 Å². The molecule has 0 bridgehead atoms. The van der Waals surface area contributed by atoms with Crippen molar-refractivity contribution in [3.8, 4) is 0 Å². The third-order valence-electron chi connectivity index (χ3n) is 3.58. The van der Waals surface area contributed by atoms with E-state index in [1.807, 2.05) is 0 Å². The highest BCUT2D eigenvalue weighted by Crippen LogP contribution is 2.18. The highest BCUT2D eigenvalue weighted by molar-refractivity contribution is 6.01. The summed E-state index contributed by atoms with van der Waals surface area (Å²) in [7, 11) is 0. The lowest BCUT2D eigenvalue weighted by Gasteiger charge is -2.14. The molecule has 2 rings (SSSR count). The Bertz CT molecular complexity index is 789. The molecule has 0 fully saturated rings. The standard InChI is InChI=1S/C17H18N4O4/c1-11(16(18)22)20-17(23)14-4-2-3-5-15(14)19-10-12-6-8-13(9-7-12)21(24)25/h2-9,11,19H,10H2,1H3,(H2,18,22)(H,20,23). The number of nitrogens with zero attached hydrogens (tertiary/aromatic N) is 1. The van der Waals surface area contributed by atoms with Gasteiger partial charge < -0.3 is 16.4 Å². The zero-order valence-electron chi connectivity index (χ0n) is 13.6. The van der Waals surface area contributed by atoms with Gasteiger partial charge in [-0.1, -0.05) is 24.3 Å². The van der Waals surface area contributed by atoms with E-state index >= 15 is 0 Å². The quantitative estimate of drug-likeness (QED) is 0.522. The molecular formula is C17H18N4O4. The summed E-state index contributed by atoms with van der Waals surface area (Å²) in [4.78, 5) is 33.6. The van der Waals surface area contributed by atoms with Crippen molar-refractivity contribution in [1.29, 1.82) is 0 Å². The maximum Gasteiger partial charge on any atom is 0.269 e. The average Bonchev–Trinajstić information content (AvgIpc) is 2.60. The number of nitrogens with one attached hydrogen (secondary N) is 2. The minimum Gasteiger partial charge on any atom is -0.380 e. The zero-order valence-corrected chi connectivity index (χ0v) is 13.6. The van der Waals surface area contributed by atoms with Crippen molar-refractivity contribution in [3.63, 3.8) is 0 Å². The van der Waals surface area contributed by atoms with Crippen molar-refractivity contribution >= 4 is 23.2 Å². The van der Waals surface area contributed by atoms with Crippen LogP contribution in [-0.2, 0) is 11.3 Å². The van der Waals surface area contributed by atoms with Gasteiger partial charge in [0.2, 0.25) is 5.91 Å². The van der Waals surface area contributed by atoms with E-state index in [1.54, 1.807) is 36.4 Å². The monoisotopic (exact) mass is 342 g/mol. The van der Waals surface area contributed by atoms with E-state index in [0.717, 1.165) is 5.56 Å². The Balaban J connectivity index is 2.08. The molecule has 2 aromatic rings. The number of carbonyl (C=O) groups is 2. The molecule has 2 aromatic carbocycles. The second-order valence-electron chi connectivity index (χ2n) is 5.42.